The van der Waals surface area contributed by atoms with Crippen molar-refractivity contribution in [2.75, 3.05) is 7.11 Å². The topological polar surface area (TPSA) is 61.2 Å². The van der Waals surface area contributed by atoms with Crippen LogP contribution in [0.2, 0.25) is 5.02 Å². The maximum absolute atomic E-state index is 13.7. The van der Waals surface area contributed by atoms with E-state index in [-0.39, 0.29) is 10.8 Å². The molecule has 7 heteroatoms. The van der Waals surface area contributed by atoms with Crippen LogP contribution in [0, 0.1) is 0 Å². The van der Waals surface area contributed by atoms with E-state index in [0.717, 1.165) is 4.70 Å². The minimum absolute atomic E-state index is 0.0703. The van der Waals surface area contributed by atoms with E-state index < -0.39 is 5.56 Å². The molecule has 0 aliphatic rings. The molecule has 0 N–H and O–H groups in total. The molecule has 5 rings (SSSR count). The first kappa shape index (κ1) is 19.5. The van der Waals surface area contributed by atoms with E-state index in [4.69, 9.17) is 21.3 Å². The molecule has 0 unspecified atom stereocenters. The summed E-state index contributed by atoms with van der Waals surface area (Å²) in [6, 6.07) is 21.4. The molecule has 0 fully saturated rings. The lowest BCUT2D eigenvalue weighted by Gasteiger charge is -2.14. The lowest BCUT2D eigenvalue weighted by atomic mass is 10.1. The third-order valence-corrected chi connectivity index (χ3v) is 6.33. The lowest BCUT2D eigenvalue weighted by molar-refractivity contribution is 0.415. The minimum Gasteiger partial charge on any atom is -0.497 e. The van der Waals surface area contributed by atoms with Crippen LogP contribution in [-0.4, -0.2) is 16.7 Å². The Morgan fingerprint density at radius 3 is 2.48 bits per heavy atom. The van der Waals surface area contributed by atoms with Crippen molar-refractivity contribution in [1.29, 1.82) is 0 Å². The average molecular weight is 447 g/mol. The fraction of sp³-hybridized carbons (Fsp3) is 0.0417. The molecule has 0 amide bonds. The summed E-state index contributed by atoms with van der Waals surface area (Å²) in [5.41, 5.74) is 0.506. The number of halogens is 1. The van der Waals surface area contributed by atoms with Gasteiger partial charge in [-0.25, -0.2) is 4.98 Å². The van der Waals surface area contributed by atoms with Crippen molar-refractivity contribution >= 4 is 43.2 Å². The molecule has 2 aromatic heterocycles. The molecule has 0 saturated carbocycles. The molecule has 0 aliphatic heterocycles. The molecule has 0 bridgehead atoms. The fourth-order valence-electron chi connectivity index (χ4n) is 3.54. The number of hydrogen-bond donors (Lipinski definition) is 0. The number of aromatic nitrogens is 2. The summed E-state index contributed by atoms with van der Waals surface area (Å²) in [6.45, 7) is 0. The Labute approximate surface area is 185 Å². The van der Waals surface area contributed by atoms with E-state index in [9.17, 15) is 9.59 Å². The van der Waals surface area contributed by atoms with Gasteiger partial charge in [0.2, 0.25) is 5.43 Å². The normalized spacial score (nSPS) is 11.2. The summed E-state index contributed by atoms with van der Waals surface area (Å²) < 4.78 is 7.48. The zero-order valence-corrected chi connectivity index (χ0v) is 17.9. The number of methoxy groups -OCH3 is 1. The summed E-state index contributed by atoms with van der Waals surface area (Å²) in [6.07, 6.45) is 0. The second-order valence-electron chi connectivity index (χ2n) is 6.89. The molecule has 0 atom stereocenters. The molecule has 5 nitrogen and oxygen atoms in total. The van der Waals surface area contributed by atoms with Gasteiger partial charge in [-0.15, -0.1) is 11.3 Å². The number of hydrogen-bond acceptors (Lipinski definition) is 5. The summed E-state index contributed by atoms with van der Waals surface area (Å²) in [4.78, 5) is 32.1. The molecular weight excluding hydrogens is 432 g/mol. The van der Waals surface area contributed by atoms with Crippen LogP contribution in [0.5, 0.6) is 5.75 Å². The highest BCUT2D eigenvalue weighted by Gasteiger charge is 2.19. The Morgan fingerprint density at radius 2 is 1.74 bits per heavy atom. The quantitative estimate of drug-likeness (QED) is 0.353. The maximum Gasteiger partial charge on any atom is 0.271 e. The Kier molecular flexibility index (Phi) is 4.81. The van der Waals surface area contributed by atoms with E-state index in [1.807, 2.05) is 24.3 Å². The van der Waals surface area contributed by atoms with E-state index in [1.54, 1.807) is 55.6 Å². The largest absolute Gasteiger partial charge is 0.497 e. The van der Waals surface area contributed by atoms with E-state index >= 15 is 0 Å². The van der Waals surface area contributed by atoms with Crippen LogP contribution < -0.4 is 15.7 Å². The molecule has 2 heterocycles. The van der Waals surface area contributed by atoms with Crippen molar-refractivity contribution < 1.29 is 4.74 Å². The predicted molar refractivity (Wildman–Crippen MR) is 126 cm³/mol. The molecule has 0 spiro atoms. The van der Waals surface area contributed by atoms with Gasteiger partial charge < -0.3 is 4.74 Å². The highest BCUT2D eigenvalue weighted by molar-refractivity contribution is 7.24. The second kappa shape index (κ2) is 7.65. The van der Waals surface area contributed by atoms with Crippen LogP contribution in [0.25, 0.3) is 37.4 Å². The predicted octanol–water partition coefficient (Wildman–Crippen LogP) is 5.29. The van der Waals surface area contributed by atoms with Crippen LogP contribution in [0.1, 0.15) is 0 Å². The lowest BCUT2D eigenvalue weighted by Crippen LogP contribution is -2.26. The van der Waals surface area contributed by atoms with Gasteiger partial charge in [-0.2, -0.15) is 0 Å². The van der Waals surface area contributed by atoms with Crippen molar-refractivity contribution in [2.45, 2.75) is 0 Å². The molecule has 3 aromatic carbocycles. The Bertz CT molecular complexity index is 1570. The van der Waals surface area contributed by atoms with Crippen LogP contribution in [0.3, 0.4) is 0 Å². The second-order valence-corrected chi connectivity index (χ2v) is 8.36. The van der Waals surface area contributed by atoms with Gasteiger partial charge in [0.05, 0.1) is 12.8 Å². The van der Waals surface area contributed by atoms with Gasteiger partial charge in [0.15, 0.2) is 0 Å². The summed E-state index contributed by atoms with van der Waals surface area (Å²) in [5, 5.41) is 1.06. The first-order valence-corrected chi connectivity index (χ1v) is 10.7. The SMILES string of the molecule is COc1ccc(-c2nc3sc4ccccc4c(=O)c3c(=O)n2-c2cccc(Cl)c2)cc1. The highest BCUT2D eigenvalue weighted by atomic mass is 35.5. The highest BCUT2D eigenvalue weighted by Crippen LogP contribution is 2.28. The van der Waals surface area contributed by atoms with Crippen molar-refractivity contribution in [3.8, 4) is 22.8 Å². The van der Waals surface area contributed by atoms with Crippen LogP contribution in [-0.2, 0) is 0 Å². The number of ether oxygens (including phenoxy) is 1. The molecule has 0 saturated heterocycles. The van der Waals surface area contributed by atoms with Crippen molar-refractivity contribution in [3.05, 3.63) is 98.4 Å². The van der Waals surface area contributed by atoms with Crippen LogP contribution in [0.15, 0.2) is 82.4 Å². The van der Waals surface area contributed by atoms with Crippen LogP contribution in [0.4, 0.5) is 0 Å². The fourth-order valence-corrected chi connectivity index (χ4v) is 4.76. The van der Waals surface area contributed by atoms with Gasteiger partial charge >= 0.3 is 0 Å². The molecule has 152 valence electrons. The summed E-state index contributed by atoms with van der Waals surface area (Å²) >= 11 is 7.53. The Hall–Kier alpha value is -3.48. The Balaban J connectivity index is 1.93. The van der Waals surface area contributed by atoms with Gasteiger partial charge in [0, 0.05) is 20.7 Å². The number of benzene rings is 3. The van der Waals surface area contributed by atoms with Gasteiger partial charge in [-0.3, -0.25) is 14.2 Å². The molecule has 0 aliphatic carbocycles. The van der Waals surface area contributed by atoms with Crippen molar-refractivity contribution in [3.63, 3.8) is 0 Å². The van der Waals surface area contributed by atoms with Crippen molar-refractivity contribution in [2.24, 2.45) is 0 Å². The van der Waals surface area contributed by atoms with E-state index in [2.05, 4.69) is 0 Å². The minimum atomic E-state index is -0.426. The standard InChI is InChI=1S/C24H15ClN2O3S/c1-30-17-11-9-14(10-12-17)22-26-23-20(21(28)18-7-2-3-8-19(18)31-23)24(29)27(22)16-6-4-5-15(25)13-16/h2-13H,1H3. The first-order valence-electron chi connectivity index (χ1n) is 9.46. The van der Waals surface area contributed by atoms with E-state index in [1.165, 1.54) is 15.9 Å². The van der Waals surface area contributed by atoms with Gasteiger partial charge in [0.1, 0.15) is 21.8 Å². The average Bonchev–Trinajstić information content (AvgIpc) is 2.79. The third-order valence-electron chi connectivity index (χ3n) is 5.03. The van der Waals surface area contributed by atoms with Gasteiger partial charge in [0.25, 0.3) is 5.56 Å². The first-order chi connectivity index (χ1) is 15.1. The van der Waals surface area contributed by atoms with Crippen LogP contribution >= 0.6 is 22.9 Å². The Morgan fingerprint density at radius 1 is 0.968 bits per heavy atom. The molecule has 5 aromatic rings. The maximum atomic E-state index is 13.7. The summed E-state index contributed by atoms with van der Waals surface area (Å²) in [5.74, 6) is 1.12. The van der Waals surface area contributed by atoms with Gasteiger partial charge in [-0.1, -0.05) is 29.8 Å². The zero-order valence-electron chi connectivity index (χ0n) is 16.3. The van der Waals surface area contributed by atoms with Crippen molar-refractivity contribution in [1.82, 2.24) is 9.55 Å². The number of nitrogens with zero attached hydrogens (tertiary/aromatic N) is 2. The number of fused-ring (bicyclic) bond motifs is 2. The zero-order chi connectivity index (χ0) is 21.5. The smallest absolute Gasteiger partial charge is 0.271 e. The molecule has 31 heavy (non-hydrogen) atoms. The number of rotatable bonds is 3. The molecular formula is C24H15ClN2O3S. The monoisotopic (exact) mass is 446 g/mol. The summed E-state index contributed by atoms with van der Waals surface area (Å²) in [7, 11) is 1.59. The van der Waals surface area contributed by atoms with E-state index in [0.29, 0.717) is 38.1 Å². The third kappa shape index (κ3) is 3.30. The molecule has 0 radical (unpaired) electrons. The van der Waals surface area contributed by atoms with Gasteiger partial charge in [-0.05, 0) is 54.6 Å².